The van der Waals surface area contributed by atoms with Gasteiger partial charge in [0.05, 0.1) is 26.4 Å². The van der Waals surface area contributed by atoms with Crippen LogP contribution in [-0.4, -0.2) is 26.4 Å². The van der Waals surface area contributed by atoms with Crippen molar-refractivity contribution in [2.45, 2.75) is 106 Å². The predicted molar refractivity (Wildman–Crippen MR) is 239 cm³/mol. The van der Waals surface area contributed by atoms with Crippen LogP contribution in [0.15, 0.2) is 95.6 Å². The van der Waals surface area contributed by atoms with Crippen LogP contribution in [0.1, 0.15) is 130 Å². The summed E-state index contributed by atoms with van der Waals surface area (Å²) in [6.45, 7) is 15.5. The maximum atomic E-state index is 9.71. The van der Waals surface area contributed by atoms with E-state index in [1.165, 1.54) is 0 Å². The first-order valence-electron chi connectivity index (χ1n) is 21.6. The summed E-state index contributed by atoms with van der Waals surface area (Å²) in [7, 11) is 0. The largest absolute Gasteiger partial charge is 0.493 e. The molecule has 0 saturated heterocycles. The molecule has 0 heterocycles. The highest BCUT2D eigenvalue weighted by Gasteiger charge is 2.27. The summed E-state index contributed by atoms with van der Waals surface area (Å²) in [6.07, 6.45) is 14.1. The van der Waals surface area contributed by atoms with Crippen LogP contribution in [0.4, 0.5) is 0 Å². The topological polar surface area (TPSA) is 84.5 Å². The third-order valence-electron chi connectivity index (χ3n) is 10.9. The first-order chi connectivity index (χ1) is 28.7. The van der Waals surface area contributed by atoms with Gasteiger partial charge >= 0.3 is 0 Å². The number of benzene rings is 4. The molecule has 6 rings (SSSR count). The molecule has 0 spiro atoms. The van der Waals surface area contributed by atoms with Gasteiger partial charge in [0.2, 0.25) is 0 Å². The molecule has 6 nitrogen and oxygen atoms in total. The van der Waals surface area contributed by atoms with E-state index in [4.69, 9.17) is 18.9 Å². The second-order valence-corrected chi connectivity index (χ2v) is 16.7. The van der Waals surface area contributed by atoms with Crippen LogP contribution in [0.2, 0.25) is 0 Å². The van der Waals surface area contributed by atoms with E-state index < -0.39 is 0 Å². The molecule has 0 aliphatic heterocycles. The minimum absolute atomic E-state index is 0.0808. The fraction of sp³-hybridized carbons (Fsp3) is 0.396. The molecular weight excluding hydrogens is 729 g/mol. The summed E-state index contributed by atoms with van der Waals surface area (Å²) < 4.78 is 26.8. The van der Waals surface area contributed by atoms with Gasteiger partial charge < -0.3 is 18.9 Å². The lowest BCUT2D eigenvalue weighted by Crippen LogP contribution is -2.17. The highest BCUT2D eigenvalue weighted by atomic mass is 16.5. The van der Waals surface area contributed by atoms with Crippen LogP contribution < -0.4 is 18.9 Å². The van der Waals surface area contributed by atoms with Crippen molar-refractivity contribution in [3.63, 3.8) is 0 Å². The zero-order chi connectivity index (χ0) is 41.8. The van der Waals surface area contributed by atoms with E-state index in [-0.39, 0.29) is 11.0 Å². The molecule has 4 aromatic carbocycles. The molecule has 2 aliphatic carbocycles. The van der Waals surface area contributed by atoms with Gasteiger partial charge in [-0.2, -0.15) is 10.5 Å². The van der Waals surface area contributed by atoms with E-state index in [1.54, 1.807) is 0 Å². The molecule has 306 valence electrons. The lowest BCUT2D eigenvalue weighted by molar-refractivity contribution is 0.304. The molecule has 0 radical (unpaired) electrons. The van der Waals surface area contributed by atoms with Crippen LogP contribution >= 0.6 is 0 Å². The van der Waals surface area contributed by atoms with Crippen molar-refractivity contribution in [1.29, 1.82) is 10.5 Å². The summed E-state index contributed by atoms with van der Waals surface area (Å²) in [5, 5.41) is 19.4. The quantitative estimate of drug-likeness (QED) is 0.104. The Morgan fingerprint density at radius 3 is 1.25 bits per heavy atom. The average Bonchev–Trinajstić information content (AvgIpc) is 3.21. The van der Waals surface area contributed by atoms with Crippen molar-refractivity contribution in [3.05, 3.63) is 146 Å². The number of para-hydroxylation sites is 3. The molecular formula is C53H60N2O4. The van der Waals surface area contributed by atoms with Crippen LogP contribution in [0.3, 0.4) is 0 Å². The molecule has 59 heavy (non-hydrogen) atoms. The summed E-state index contributed by atoms with van der Waals surface area (Å²) in [6, 6.07) is 28.4. The Balaban J connectivity index is 1.59. The Morgan fingerprint density at radius 1 is 0.542 bits per heavy atom. The van der Waals surface area contributed by atoms with Crippen molar-refractivity contribution in [2.24, 2.45) is 5.41 Å². The van der Waals surface area contributed by atoms with Gasteiger partial charge in [-0.15, -0.1) is 0 Å². The summed E-state index contributed by atoms with van der Waals surface area (Å²) in [5.74, 6) is 3.72. The summed E-state index contributed by atoms with van der Waals surface area (Å²) in [5.41, 5.74) is 12.0. The van der Waals surface area contributed by atoms with E-state index in [9.17, 15) is 10.5 Å². The fourth-order valence-electron chi connectivity index (χ4n) is 8.36. The Morgan fingerprint density at radius 2 is 0.898 bits per heavy atom. The van der Waals surface area contributed by atoms with Crippen molar-refractivity contribution in [2.75, 3.05) is 26.4 Å². The molecule has 0 unspecified atom stereocenters. The van der Waals surface area contributed by atoms with Gasteiger partial charge in [0.1, 0.15) is 40.7 Å². The van der Waals surface area contributed by atoms with Gasteiger partial charge in [-0.25, -0.2) is 0 Å². The van der Waals surface area contributed by atoms with Gasteiger partial charge in [0.15, 0.2) is 0 Å². The highest BCUT2D eigenvalue weighted by Crippen LogP contribution is 2.42. The van der Waals surface area contributed by atoms with E-state index >= 15 is 0 Å². The molecule has 0 atom stereocenters. The van der Waals surface area contributed by atoms with Crippen LogP contribution in [0.5, 0.6) is 23.0 Å². The molecule has 0 N–H and O–H groups in total. The van der Waals surface area contributed by atoms with E-state index in [0.717, 1.165) is 116 Å². The zero-order valence-corrected chi connectivity index (χ0v) is 36.0. The maximum Gasteiger partial charge on any atom is 0.132 e. The molecule has 2 aliphatic rings. The third kappa shape index (κ3) is 10.7. The van der Waals surface area contributed by atoms with Crippen LogP contribution in [-0.2, 0) is 25.7 Å². The zero-order valence-electron chi connectivity index (χ0n) is 36.0. The van der Waals surface area contributed by atoms with Crippen molar-refractivity contribution in [3.8, 4) is 35.1 Å². The monoisotopic (exact) mass is 788 g/mol. The van der Waals surface area contributed by atoms with Gasteiger partial charge in [-0.1, -0.05) is 114 Å². The Hall–Kier alpha value is -5.72. The minimum atomic E-state index is -0.0808. The Kier molecular flexibility index (Phi) is 14.8. The Bertz CT molecular complexity index is 2180. The number of allylic oxidation sites excluding steroid dienone is 5. The summed E-state index contributed by atoms with van der Waals surface area (Å²) in [4.78, 5) is 0. The van der Waals surface area contributed by atoms with Crippen molar-refractivity contribution >= 4 is 6.08 Å². The van der Waals surface area contributed by atoms with Gasteiger partial charge in [-0.05, 0) is 117 Å². The van der Waals surface area contributed by atoms with Gasteiger partial charge in [-0.3, -0.25) is 0 Å². The molecule has 6 heteroatoms. The lowest BCUT2D eigenvalue weighted by Gasteiger charge is -2.30. The highest BCUT2D eigenvalue weighted by molar-refractivity contribution is 5.63. The normalized spacial score (nSPS) is 14.5. The second-order valence-electron chi connectivity index (χ2n) is 16.7. The summed E-state index contributed by atoms with van der Waals surface area (Å²) >= 11 is 0. The standard InChI is InChI=1S/C53H60N2O4/c1-7-22-56-49-39-14-11-15-40(49)30-42-17-13-19-44(51(42)58-24-9-3)32-46-27-37(20-21-38-28-47(48(35-54)36-55)34-53(5,6)33-38)26-45(52(46)59-25-10-4)31-43-18-12-16-41(29-39)50(43)57-23-8-2/h11-21,26-28H,7-10,22-25,29-34H2,1-6H3/b21-20+. The molecule has 0 amide bonds. The van der Waals surface area contributed by atoms with E-state index in [0.29, 0.717) is 58.5 Å². The number of hydrogen-bond donors (Lipinski definition) is 0. The van der Waals surface area contributed by atoms with Crippen molar-refractivity contribution in [1.82, 2.24) is 0 Å². The second kappa shape index (κ2) is 20.3. The fourth-order valence-corrected chi connectivity index (χ4v) is 8.36. The molecule has 8 bridgehead atoms. The maximum absolute atomic E-state index is 9.71. The van der Waals surface area contributed by atoms with Crippen LogP contribution in [0, 0.1) is 28.1 Å². The molecule has 0 aromatic heterocycles. The van der Waals surface area contributed by atoms with Crippen molar-refractivity contribution < 1.29 is 18.9 Å². The first-order valence-corrected chi connectivity index (χ1v) is 21.6. The third-order valence-corrected chi connectivity index (χ3v) is 10.9. The number of nitrogens with zero attached hydrogens (tertiary/aromatic N) is 2. The molecule has 0 saturated carbocycles. The smallest absolute Gasteiger partial charge is 0.132 e. The molecule has 0 fully saturated rings. The van der Waals surface area contributed by atoms with E-state index in [2.05, 4.69) is 133 Å². The van der Waals surface area contributed by atoms with E-state index in [1.807, 2.05) is 6.08 Å². The number of ether oxygens (including phenoxy) is 4. The van der Waals surface area contributed by atoms with Gasteiger partial charge in [0, 0.05) is 25.7 Å². The lowest BCUT2D eigenvalue weighted by atomic mass is 9.74. The number of hydrogen-bond acceptors (Lipinski definition) is 6. The first kappa shape index (κ1) is 42.9. The predicted octanol–water partition coefficient (Wildman–Crippen LogP) is 12.6. The number of rotatable bonds is 14. The van der Waals surface area contributed by atoms with Gasteiger partial charge in [0.25, 0.3) is 0 Å². The number of nitriles is 2. The average molecular weight is 789 g/mol. The minimum Gasteiger partial charge on any atom is -0.493 e. The molecule has 4 aromatic rings. The number of fused-ring (bicyclic) bond motifs is 8. The Labute approximate surface area is 352 Å². The SMILES string of the molecule is CCCOc1c2cccc1Cc1cccc(c1OCCC)Cc1cc(/C=C/C3=CC(=C(C#N)C#N)CC(C)(C)C3)cc(c1OCCC)Cc1cccc(c1OCCC)C2. The van der Waals surface area contributed by atoms with Crippen LogP contribution in [0.25, 0.3) is 6.08 Å².